The minimum absolute atomic E-state index is 0.997. The molecule has 0 aliphatic rings. The maximum Gasteiger partial charge on any atom is -0.00296 e. The van der Waals surface area contributed by atoms with Crippen LogP contribution in [0.15, 0.2) is 84.5 Å². The molecule has 0 saturated heterocycles. The standard InChI is InChI=1S/C33H34/c1-6-23(5)18-19-24(7-2)32-28(8-3)29(9-4)33(31-17-13-12-16-30(31)32)27-21-20-25-14-10-11-15-26(25)22-27/h8-22H,6-7H2,1-5H3/b23-18-,24-19+,28-8+,29-9+. The Bertz CT molecular complexity index is 1490. The highest BCUT2D eigenvalue weighted by atomic mass is 14.2. The maximum absolute atomic E-state index is 2.34. The van der Waals surface area contributed by atoms with Crippen molar-refractivity contribution in [1.82, 2.24) is 0 Å². The summed E-state index contributed by atoms with van der Waals surface area (Å²) in [5.74, 6) is 0. The molecule has 0 atom stereocenters. The normalized spacial score (nSPS) is 14.0. The molecule has 4 aromatic carbocycles. The number of allylic oxidation sites excluding steroid dienone is 4. The van der Waals surface area contributed by atoms with E-state index < -0.39 is 0 Å². The fourth-order valence-electron chi connectivity index (χ4n) is 4.82. The summed E-state index contributed by atoms with van der Waals surface area (Å²) in [7, 11) is 0. The van der Waals surface area contributed by atoms with Crippen LogP contribution in [0.4, 0.5) is 0 Å². The van der Waals surface area contributed by atoms with Crippen molar-refractivity contribution in [2.45, 2.75) is 47.5 Å². The molecule has 4 rings (SSSR count). The maximum atomic E-state index is 2.34. The van der Waals surface area contributed by atoms with E-state index in [0.717, 1.165) is 12.8 Å². The zero-order valence-corrected chi connectivity index (χ0v) is 20.6. The predicted octanol–water partition coefficient (Wildman–Crippen LogP) is 8.41. The Morgan fingerprint density at radius 3 is 2.03 bits per heavy atom. The third-order valence-corrected chi connectivity index (χ3v) is 6.74. The first-order chi connectivity index (χ1) is 16.1. The van der Waals surface area contributed by atoms with Crippen LogP contribution in [0.5, 0.6) is 0 Å². The van der Waals surface area contributed by atoms with Gasteiger partial charge in [-0.2, -0.15) is 0 Å². The Hall–Kier alpha value is -3.38. The molecule has 0 spiro atoms. The van der Waals surface area contributed by atoms with Crippen molar-refractivity contribution in [3.8, 4) is 11.1 Å². The molecule has 166 valence electrons. The van der Waals surface area contributed by atoms with E-state index in [9.17, 15) is 0 Å². The lowest BCUT2D eigenvalue weighted by Gasteiger charge is -2.17. The van der Waals surface area contributed by atoms with Gasteiger partial charge in [-0.25, -0.2) is 0 Å². The molecule has 0 heterocycles. The topological polar surface area (TPSA) is 0 Å². The van der Waals surface area contributed by atoms with Crippen LogP contribution in [0.1, 0.15) is 53.0 Å². The average molecular weight is 431 g/mol. The fraction of sp³-hybridized carbons (Fsp3) is 0.212. The van der Waals surface area contributed by atoms with Crippen LogP contribution in [0.3, 0.4) is 0 Å². The number of benzene rings is 4. The summed E-state index contributed by atoms with van der Waals surface area (Å²) in [5.41, 5.74) is 6.76. The SMILES string of the molecule is C/C=c1/c(/C(=C/C=C(/C)CC)CC)c2ccccc2c(-c2ccc3ccccc3c2)/c1=C/C. The van der Waals surface area contributed by atoms with E-state index in [4.69, 9.17) is 0 Å². The summed E-state index contributed by atoms with van der Waals surface area (Å²) in [6.45, 7) is 11.0. The van der Waals surface area contributed by atoms with Crippen molar-refractivity contribution in [2.24, 2.45) is 0 Å². The van der Waals surface area contributed by atoms with Gasteiger partial charge in [-0.3, -0.25) is 0 Å². The van der Waals surface area contributed by atoms with Gasteiger partial charge in [-0.1, -0.05) is 104 Å². The van der Waals surface area contributed by atoms with Crippen LogP contribution >= 0.6 is 0 Å². The van der Waals surface area contributed by atoms with Gasteiger partial charge in [-0.15, -0.1) is 0 Å². The van der Waals surface area contributed by atoms with E-state index >= 15 is 0 Å². The largest absolute Gasteiger partial charge is 0.0791 e. The highest BCUT2D eigenvalue weighted by molar-refractivity contribution is 6.04. The smallest absolute Gasteiger partial charge is 0.00296 e. The molecule has 33 heavy (non-hydrogen) atoms. The number of hydrogen-bond donors (Lipinski definition) is 0. The average Bonchev–Trinajstić information content (AvgIpc) is 2.87. The molecule has 4 aromatic rings. The van der Waals surface area contributed by atoms with Gasteiger partial charge in [0.25, 0.3) is 0 Å². The van der Waals surface area contributed by atoms with Crippen LogP contribution < -0.4 is 10.4 Å². The summed E-state index contributed by atoms with van der Waals surface area (Å²) in [5, 5.41) is 7.85. The Balaban J connectivity index is 2.15. The first-order valence-electron chi connectivity index (χ1n) is 12.2. The molecule has 0 saturated carbocycles. The molecule has 0 aliphatic heterocycles. The summed E-state index contributed by atoms with van der Waals surface area (Å²) in [6.07, 6.45) is 11.3. The second-order valence-electron chi connectivity index (χ2n) is 8.67. The fourth-order valence-corrected chi connectivity index (χ4v) is 4.82. The molecule has 0 aromatic heterocycles. The summed E-state index contributed by atoms with van der Waals surface area (Å²) in [6, 6.07) is 24.4. The third-order valence-electron chi connectivity index (χ3n) is 6.74. The van der Waals surface area contributed by atoms with Gasteiger partial charge >= 0.3 is 0 Å². The van der Waals surface area contributed by atoms with E-state index in [1.807, 2.05) is 0 Å². The van der Waals surface area contributed by atoms with Gasteiger partial charge in [0, 0.05) is 0 Å². The number of hydrogen-bond acceptors (Lipinski definition) is 0. The number of rotatable bonds is 5. The molecule has 0 radical (unpaired) electrons. The minimum atomic E-state index is 0.997. The molecular weight excluding hydrogens is 396 g/mol. The Kier molecular flexibility index (Phi) is 6.94. The molecule has 0 bridgehead atoms. The van der Waals surface area contributed by atoms with Crippen LogP contribution in [-0.4, -0.2) is 0 Å². The van der Waals surface area contributed by atoms with E-state index in [1.54, 1.807) is 0 Å². The zero-order valence-electron chi connectivity index (χ0n) is 20.6. The van der Waals surface area contributed by atoms with Crippen LogP contribution in [0, 0.1) is 0 Å². The van der Waals surface area contributed by atoms with Crippen LogP contribution in [0.25, 0.3) is 50.4 Å². The van der Waals surface area contributed by atoms with Gasteiger partial charge in [0.2, 0.25) is 0 Å². The van der Waals surface area contributed by atoms with E-state index in [2.05, 4.69) is 126 Å². The lowest BCUT2D eigenvalue weighted by atomic mass is 9.86. The lowest BCUT2D eigenvalue weighted by Crippen LogP contribution is -2.30. The van der Waals surface area contributed by atoms with Gasteiger partial charge in [0.15, 0.2) is 0 Å². The van der Waals surface area contributed by atoms with Crippen molar-refractivity contribution in [3.05, 3.63) is 100 Å². The minimum Gasteiger partial charge on any atom is -0.0791 e. The number of fused-ring (bicyclic) bond motifs is 2. The second-order valence-corrected chi connectivity index (χ2v) is 8.67. The first-order valence-corrected chi connectivity index (χ1v) is 12.2. The summed E-state index contributed by atoms with van der Waals surface area (Å²) < 4.78 is 0. The molecule has 0 fully saturated rings. The first kappa shape index (κ1) is 22.8. The molecule has 0 unspecified atom stereocenters. The highest BCUT2D eigenvalue weighted by Crippen LogP contribution is 2.32. The third kappa shape index (κ3) is 4.31. The summed E-state index contributed by atoms with van der Waals surface area (Å²) in [4.78, 5) is 0. The van der Waals surface area contributed by atoms with Gasteiger partial charge in [-0.05, 0) is 93.9 Å². The van der Waals surface area contributed by atoms with Crippen molar-refractivity contribution in [1.29, 1.82) is 0 Å². The molecule has 0 N–H and O–H groups in total. The molecular formula is C33H34. The van der Waals surface area contributed by atoms with Gasteiger partial charge < -0.3 is 0 Å². The highest BCUT2D eigenvalue weighted by Gasteiger charge is 2.15. The van der Waals surface area contributed by atoms with Gasteiger partial charge in [0.05, 0.1) is 0 Å². The monoisotopic (exact) mass is 430 g/mol. The summed E-state index contributed by atoms with van der Waals surface area (Å²) >= 11 is 0. The second kappa shape index (κ2) is 10.0. The lowest BCUT2D eigenvalue weighted by molar-refractivity contribution is 1.10. The zero-order chi connectivity index (χ0) is 23.4. The molecule has 0 aliphatic carbocycles. The predicted molar refractivity (Wildman–Crippen MR) is 149 cm³/mol. The van der Waals surface area contributed by atoms with E-state index in [1.165, 1.54) is 59.8 Å². The van der Waals surface area contributed by atoms with E-state index in [-0.39, 0.29) is 0 Å². The molecule has 0 nitrogen and oxygen atoms in total. The molecule has 0 amide bonds. The van der Waals surface area contributed by atoms with Crippen LogP contribution in [0.2, 0.25) is 0 Å². The quantitative estimate of drug-likeness (QED) is 0.279. The van der Waals surface area contributed by atoms with Gasteiger partial charge in [0.1, 0.15) is 0 Å². The Morgan fingerprint density at radius 2 is 1.36 bits per heavy atom. The molecule has 0 heteroatoms. The Morgan fingerprint density at radius 1 is 0.697 bits per heavy atom. The van der Waals surface area contributed by atoms with E-state index in [0.29, 0.717) is 0 Å². The van der Waals surface area contributed by atoms with Crippen LogP contribution in [-0.2, 0) is 0 Å². The Labute approximate surface area is 198 Å². The van der Waals surface area contributed by atoms with Crippen molar-refractivity contribution < 1.29 is 0 Å². The van der Waals surface area contributed by atoms with Crippen molar-refractivity contribution in [2.75, 3.05) is 0 Å². The van der Waals surface area contributed by atoms with Crippen molar-refractivity contribution >= 4 is 39.3 Å². The van der Waals surface area contributed by atoms with Crippen molar-refractivity contribution in [3.63, 3.8) is 0 Å².